The predicted molar refractivity (Wildman–Crippen MR) is 71.1 cm³/mol. The van der Waals surface area contributed by atoms with Gasteiger partial charge in [-0.1, -0.05) is 0 Å². The summed E-state index contributed by atoms with van der Waals surface area (Å²) in [6.07, 6.45) is 2.18. The number of piperazine rings is 1. The molecule has 1 amide bonds. The second kappa shape index (κ2) is 5.68. The number of anilines is 2. The van der Waals surface area contributed by atoms with Gasteiger partial charge >= 0.3 is 0 Å². The van der Waals surface area contributed by atoms with Crippen LogP contribution in [-0.2, 0) is 4.79 Å². The first-order valence-corrected chi connectivity index (χ1v) is 6.13. The van der Waals surface area contributed by atoms with Crippen LogP contribution in [0.4, 0.5) is 11.5 Å². The molecular formula is C12H19N5O. The molecule has 18 heavy (non-hydrogen) atoms. The third-order valence-electron chi connectivity index (χ3n) is 3.16. The van der Waals surface area contributed by atoms with Gasteiger partial charge in [-0.25, -0.2) is 4.98 Å². The molecule has 4 N–H and O–H groups in total. The van der Waals surface area contributed by atoms with Crippen LogP contribution >= 0.6 is 0 Å². The lowest BCUT2D eigenvalue weighted by molar-refractivity contribution is -0.118. The summed E-state index contributed by atoms with van der Waals surface area (Å²) in [4.78, 5) is 19.5. The van der Waals surface area contributed by atoms with Crippen molar-refractivity contribution in [3.8, 4) is 0 Å². The van der Waals surface area contributed by atoms with Gasteiger partial charge in [0.2, 0.25) is 5.91 Å². The Morgan fingerprint density at radius 3 is 2.67 bits per heavy atom. The smallest absolute Gasteiger partial charge is 0.218 e. The van der Waals surface area contributed by atoms with Crippen LogP contribution in [0.1, 0.15) is 6.42 Å². The van der Waals surface area contributed by atoms with Gasteiger partial charge in [0.25, 0.3) is 0 Å². The number of rotatable bonds is 4. The van der Waals surface area contributed by atoms with Crippen LogP contribution in [0.5, 0.6) is 0 Å². The lowest BCUT2D eigenvalue weighted by atomic mass is 10.2. The molecular weight excluding hydrogens is 230 g/mol. The minimum Gasteiger partial charge on any atom is -0.396 e. The topological polar surface area (TPSA) is 88.5 Å². The maximum Gasteiger partial charge on any atom is 0.218 e. The zero-order chi connectivity index (χ0) is 13.0. The highest BCUT2D eigenvalue weighted by Gasteiger charge is 2.19. The predicted octanol–water partition coefficient (Wildman–Crippen LogP) is -0.339. The summed E-state index contributed by atoms with van der Waals surface area (Å²) in [6, 6.07) is 3.70. The van der Waals surface area contributed by atoms with Crippen LogP contribution in [0.2, 0.25) is 0 Å². The minimum atomic E-state index is -0.244. The molecule has 1 aliphatic rings. The van der Waals surface area contributed by atoms with Crippen molar-refractivity contribution in [3.63, 3.8) is 0 Å². The molecule has 2 heterocycles. The second-order valence-electron chi connectivity index (χ2n) is 4.46. The Labute approximate surface area is 107 Å². The molecule has 2 rings (SSSR count). The molecule has 6 heteroatoms. The minimum absolute atomic E-state index is 0.244. The van der Waals surface area contributed by atoms with E-state index in [-0.39, 0.29) is 5.91 Å². The Hall–Kier alpha value is -1.82. The van der Waals surface area contributed by atoms with Crippen molar-refractivity contribution < 1.29 is 4.79 Å². The van der Waals surface area contributed by atoms with E-state index in [0.717, 1.165) is 38.5 Å². The van der Waals surface area contributed by atoms with Crippen molar-refractivity contribution in [3.05, 3.63) is 18.3 Å². The van der Waals surface area contributed by atoms with Crippen LogP contribution in [0, 0.1) is 0 Å². The van der Waals surface area contributed by atoms with E-state index < -0.39 is 0 Å². The van der Waals surface area contributed by atoms with E-state index in [1.807, 2.05) is 12.1 Å². The van der Waals surface area contributed by atoms with Gasteiger partial charge in [0.05, 0.1) is 5.69 Å². The monoisotopic (exact) mass is 249 g/mol. The lowest BCUT2D eigenvalue weighted by Crippen LogP contribution is -2.47. The van der Waals surface area contributed by atoms with Gasteiger partial charge in [-0.05, 0) is 12.1 Å². The van der Waals surface area contributed by atoms with E-state index in [0.29, 0.717) is 12.1 Å². The Balaban J connectivity index is 1.87. The lowest BCUT2D eigenvalue weighted by Gasteiger charge is -2.35. The van der Waals surface area contributed by atoms with Gasteiger partial charge in [0, 0.05) is 45.3 Å². The number of carbonyl (C=O) groups is 1. The maximum absolute atomic E-state index is 10.7. The Bertz CT molecular complexity index is 415. The third-order valence-corrected chi connectivity index (χ3v) is 3.16. The van der Waals surface area contributed by atoms with Crippen molar-refractivity contribution >= 4 is 17.4 Å². The van der Waals surface area contributed by atoms with Gasteiger partial charge in [-0.15, -0.1) is 0 Å². The summed E-state index contributed by atoms with van der Waals surface area (Å²) in [5.41, 5.74) is 11.8. The van der Waals surface area contributed by atoms with Crippen molar-refractivity contribution in [1.29, 1.82) is 0 Å². The standard InChI is InChI=1S/C12H19N5O/c13-10-2-1-4-15-12(10)17-8-6-16(7-9-17)5-3-11(14)18/h1-2,4H,3,5-9,13H2,(H2,14,18). The largest absolute Gasteiger partial charge is 0.396 e. The number of pyridine rings is 1. The Morgan fingerprint density at radius 1 is 1.33 bits per heavy atom. The maximum atomic E-state index is 10.7. The van der Waals surface area contributed by atoms with E-state index in [9.17, 15) is 4.79 Å². The Morgan fingerprint density at radius 2 is 2.06 bits per heavy atom. The van der Waals surface area contributed by atoms with Crippen LogP contribution in [-0.4, -0.2) is 48.5 Å². The highest BCUT2D eigenvalue weighted by Crippen LogP contribution is 2.20. The molecule has 1 aliphatic heterocycles. The summed E-state index contributed by atoms with van der Waals surface area (Å²) in [5.74, 6) is 0.610. The average Bonchev–Trinajstić information content (AvgIpc) is 2.38. The molecule has 0 aromatic carbocycles. The third kappa shape index (κ3) is 3.10. The van der Waals surface area contributed by atoms with Gasteiger partial charge in [-0.2, -0.15) is 0 Å². The van der Waals surface area contributed by atoms with Crippen LogP contribution < -0.4 is 16.4 Å². The van der Waals surface area contributed by atoms with Crippen LogP contribution in [0.3, 0.4) is 0 Å². The second-order valence-corrected chi connectivity index (χ2v) is 4.46. The van der Waals surface area contributed by atoms with Gasteiger partial charge in [0.1, 0.15) is 0 Å². The molecule has 0 bridgehead atoms. The highest BCUT2D eigenvalue weighted by molar-refractivity contribution is 5.73. The van der Waals surface area contributed by atoms with Crippen molar-refractivity contribution in [1.82, 2.24) is 9.88 Å². The fourth-order valence-corrected chi connectivity index (χ4v) is 2.13. The first-order valence-electron chi connectivity index (χ1n) is 6.13. The van der Waals surface area contributed by atoms with Crippen LogP contribution in [0.25, 0.3) is 0 Å². The molecule has 0 atom stereocenters. The molecule has 0 radical (unpaired) electrons. The number of aromatic nitrogens is 1. The summed E-state index contributed by atoms with van der Waals surface area (Å²) in [6.45, 7) is 4.30. The number of nitrogens with two attached hydrogens (primary N) is 2. The number of hydrogen-bond donors (Lipinski definition) is 2. The highest BCUT2D eigenvalue weighted by atomic mass is 16.1. The van der Waals surface area contributed by atoms with E-state index in [1.165, 1.54) is 0 Å². The first kappa shape index (κ1) is 12.6. The summed E-state index contributed by atoms with van der Waals surface area (Å²) >= 11 is 0. The molecule has 1 aromatic heterocycles. The number of carbonyl (C=O) groups excluding carboxylic acids is 1. The van der Waals surface area contributed by atoms with Gasteiger partial charge in [0.15, 0.2) is 5.82 Å². The number of primary amides is 1. The van der Waals surface area contributed by atoms with Crippen LogP contribution in [0.15, 0.2) is 18.3 Å². The molecule has 0 spiro atoms. The number of hydrogen-bond acceptors (Lipinski definition) is 5. The number of amides is 1. The fraction of sp³-hybridized carbons (Fsp3) is 0.500. The molecule has 98 valence electrons. The normalized spacial score (nSPS) is 16.8. The molecule has 6 nitrogen and oxygen atoms in total. The molecule has 0 aliphatic carbocycles. The fourth-order valence-electron chi connectivity index (χ4n) is 2.13. The zero-order valence-corrected chi connectivity index (χ0v) is 10.4. The van der Waals surface area contributed by atoms with E-state index in [1.54, 1.807) is 6.20 Å². The summed E-state index contributed by atoms with van der Waals surface area (Å²) in [7, 11) is 0. The summed E-state index contributed by atoms with van der Waals surface area (Å²) < 4.78 is 0. The molecule has 0 unspecified atom stereocenters. The first-order chi connectivity index (χ1) is 8.66. The van der Waals surface area contributed by atoms with Crippen molar-refractivity contribution in [2.45, 2.75) is 6.42 Å². The van der Waals surface area contributed by atoms with E-state index in [2.05, 4.69) is 14.8 Å². The van der Waals surface area contributed by atoms with Gasteiger partial charge < -0.3 is 16.4 Å². The molecule has 1 saturated heterocycles. The molecule has 0 saturated carbocycles. The van der Waals surface area contributed by atoms with E-state index >= 15 is 0 Å². The van der Waals surface area contributed by atoms with Gasteiger partial charge in [-0.3, -0.25) is 9.69 Å². The number of nitrogens with zero attached hydrogens (tertiary/aromatic N) is 3. The zero-order valence-electron chi connectivity index (χ0n) is 10.4. The molecule has 1 fully saturated rings. The van der Waals surface area contributed by atoms with Crippen molar-refractivity contribution in [2.75, 3.05) is 43.4 Å². The average molecular weight is 249 g/mol. The Kier molecular flexibility index (Phi) is 3.99. The van der Waals surface area contributed by atoms with E-state index in [4.69, 9.17) is 11.5 Å². The summed E-state index contributed by atoms with van der Waals surface area (Å²) in [5, 5.41) is 0. The SMILES string of the molecule is NC(=O)CCN1CCN(c2ncccc2N)CC1. The quantitative estimate of drug-likeness (QED) is 0.762. The van der Waals surface area contributed by atoms with Crippen molar-refractivity contribution in [2.24, 2.45) is 5.73 Å². The number of nitrogen functional groups attached to an aromatic ring is 1. The molecule has 1 aromatic rings.